The highest BCUT2D eigenvalue weighted by Crippen LogP contribution is 2.41. The number of hydrogen-bond acceptors (Lipinski definition) is 8. The number of benzene rings is 3. The summed E-state index contributed by atoms with van der Waals surface area (Å²) >= 11 is 3.58. The maximum atomic E-state index is 13.5. The van der Waals surface area contributed by atoms with E-state index in [9.17, 15) is 12.8 Å². The minimum Gasteiger partial charge on any atom is -0.490 e. The van der Waals surface area contributed by atoms with Gasteiger partial charge in [0.1, 0.15) is 35.9 Å². The molecule has 1 aliphatic rings. The Labute approximate surface area is 259 Å². The molecule has 11 heteroatoms. The van der Waals surface area contributed by atoms with Crippen LogP contribution in [0.4, 0.5) is 15.9 Å². The maximum Gasteiger partial charge on any atom is 0.152 e. The van der Waals surface area contributed by atoms with Gasteiger partial charge in [-0.1, -0.05) is 25.1 Å². The molecule has 0 bridgehead atoms. The lowest BCUT2D eigenvalue weighted by Gasteiger charge is -2.30. The van der Waals surface area contributed by atoms with Crippen LogP contribution in [0.2, 0.25) is 0 Å². The summed E-state index contributed by atoms with van der Waals surface area (Å²) in [5.74, 6) is 1.14. The minimum atomic E-state index is -3.04. The first-order valence-electron chi connectivity index (χ1n) is 14.1. The molecule has 226 valence electrons. The third-order valence-electron chi connectivity index (χ3n) is 7.32. The molecule has 1 aliphatic heterocycles. The van der Waals surface area contributed by atoms with Crippen molar-refractivity contribution in [1.82, 2.24) is 9.97 Å². The minimum absolute atomic E-state index is 0.0361. The summed E-state index contributed by atoms with van der Waals surface area (Å²) in [5, 5.41) is 4.24. The topological polar surface area (TPSA) is 99.6 Å². The number of sulfone groups is 1. The molecule has 5 rings (SSSR count). The van der Waals surface area contributed by atoms with Crippen molar-refractivity contribution in [2.75, 3.05) is 30.0 Å². The number of fused-ring (bicyclic) bond motifs is 1. The van der Waals surface area contributed by atoms with E-state index in [-0.39, 0.29) is 30.5 Å². The Kier molecular flexibility index (Phi) is 9.94. The third kappa shape index (κ3) is 7.90. The highest BCUT2D eigenvalue weighted by atomic mass is 79.9. The van der Waals surface area contributed by atoms with Gasteiger partial charge < -0.3 is 19.5 Å². The van der Waals surface area contributed by atoms with Gasteiger partial charge in [0.2, 0.25) is 0 Å². The summed E-state index contributed by atoms with van der Waals surface area (Å²) in [5.41, 5.74) is 2.78. The molecule has 1 N–H and O–H groups in total. The standard InChI is InChI=1S/C32H33BrFN3O5S/c1-2-43(38,39)17-16-40-14-4-12-32(13-5-15-42-32)24-8-10-29-27(19-24)31(36-22-35-29)37-26-9-11-30(28(33)20-26)41-21-23-6-3-7-25(34)18-23/h3,5-11,15,18-20,22H,2,4,12-14,16-17,21H2,1H3,(H,35,36,37). The number of anilines is 2. The monoisotopic (exact) mass is 669 g/mol. The van der Waals surface area contributed by atoms with E-state index in [1.807, 2.05) is 42.5 Å². The fourth-order valence-corrected chi connectivity index (χ4v) is 6.06. The molecule has 3 aromatic carbocycles. The van der Waals surface area contributed by atoms with Crippen molar-refractivity contribution in [3.8, 4) is 5.75 Å². The van der Waals surface area contributed by atoms with Gasteiger partial charge in [-0.3, -0.25) is 0 Å². The highest BCUT2D eigenvalue weighted by Gasteiger charge is 2.35. The quantitative estimate of drug-likeness (QED) is 0.141. The van der Waals surface area contributed by atoms with Crippen molar-refractivity contribution in [2.24, 2.45) is 0 Å². The van der Waals surface area contributed by atoms with Gasteiger partial charge in [0, 0.05) is 29.9 Å². The van der Waals surface area contributed by atoms with Gasteiger partial charge in [-0.05, 0) is 88.4 Å². The largest absolute Gasteiger partial charge is 0.490 e. The normalized spacial score (nSPS) is 16.3. The first-order valence-corrected chi connectivity index (χ1v) is 16.7. The SMILES string of the molecule is CCS(=O)(=O)CCOCCCC1(c2ccc3ncnc(Nc4ccc(OCc5cccc(F)c5)c(Br)c4)c3c2)CC=CO1. The smallest absolute Gasteiger partial charge is 0.152 e. The summed E-state index contributed by atoms with van der Waals surface area (Å²) in [6.45, 7) is 2.53. The number of rotatable bonds is 14. The highest BCUT2D eigenvalue weighted by molar-refractivity contribution is 9.10. The molecular weight excluding hydrogens is 637 g/mol. The fraction of sp³-hybridized carbons (Fsp3) is 0.312. The molecule has 0 saturated heterocycles. The first-order chi connectivity index (χ1) is 20.8. The number of nitrogens with zero attached hydrogens (tertiary/aromatic N) is 2. The predicted molar refractivity (Wildman–Crippen MR) is 169 cm³/mol. The molecule has 43 heavy (non-hydrogen) atoms. The summed E-state index contributed by atoms with van der Waals surface area (Å²) in [4.78, 5) is 8.98. The van der Waals surface area contributed by atoms with Gasteiger partial charge in [0.15, 0.2) is 9.84 Å². The average molecular weight is 671 g/mol. The zero-order chi connectivity index (χ0) is 30.3. The van der Waals surface area contributed by atoms with E-state index in [1.165, 1.54) is 18.5 Å². The Morgan fingerprint density at radius 3 is 2.74 bits per heavy atom. The van der Waals surface area contributed by atoms with Crippen LogP contribution in [-0.2, 0) is 31.5 Å². The van der Waals surface area contributed by atoms with Gasteiger partial charge in [0.25, 0.3) is 0 Å². The summed E-state index contributed by atoms with van der Waals surface area (Å²) in [7, 11) is -3.04. The van der Waals surface area contributed by atoms with E-state index >= 15 is 0 Å². The molecule has 8 nitrogen and oxygen atoms in total. The van der Waals surface area contributed by atoms with Crippen molar-refractivity contribution in [3.63, 3.8) is 0 Å². The molecule has 2 heterocycles. The van der Waals surface area contributed by atoms with Crippen molar-refractivity contribution in [1.29, 1.82) is 0 Å². The lowest BCUT2D eigenvalue weighted by Crippen LogP contribution is -2.25. The van der Waals surface area contributed by atoms with Crippen LogP contribution in [-0.4, -0.2) is 43.1 Å². The molecule has 0 saturated carbocycles. The predicted octanol–water partition coefficient (Wildman–Crippen LogP) is 7.21. The number of halogens is 2. The second-order valence-electron chi connectivity index (χ2n) is 10.3. The van der Waals surface area contributed by atoms with Crippen molar-refractivity contribution >= 4 is 48.2 Å². The van der Waals surface area contributed by atoms with Crippen LogP contribution < -0.4 is 10.1 Å². The van der Waals surface area contributed by atoms with Gasteiger partial charge in [-0.15, -0.1) is 0 Å². The van der Waals surface area contributed by atoms with E-state index in [0.717, 1.165) is 32.2 Å². The zero-order valence-corrected chi connectivity index (χ0v) is 26.2. The Hall–Kier alpha value is -3.54. The molecule has 0 aliphatic carbocycles. The zero-order valence-electron chi connectivity index (χ0n) is 23.8. The number of aromatic nitrogens is 2. The van der Waals surface area contributed by atoms with Crippen LogP contribution in [0.25, 0.3) is 10.9 Å². The van der Waals surface area contributed by atoms with E-state index in [4.69, 9.17) is 14.2 Å². The Morgan fingerprint density at radius 1 is 1.09 bits per heavy atom. The summed E-state index contributed by atoms with van der Waals surface area (Å²) in [6, 6.07) is 18.0. The van der Waals surface area contributed by atoms with Crippen molar-refractivity contribution in [2.45, 2.75) is 38.4 Å². The lowest BCUT2D eigenvalue weighted by molar-refractivity contribution is 0.0210. The Balaban J connectivity index is 1.28. The second kappa shape index (κ2) is 13.8. The molecule has 0 fully saturated rings. The first kappa shape index (κ1) is 30.9. The molecule has 4 aromatic rings. The second-order valence-corrected chi connectivity index (χ2v) is 13.6. The number of hydrogen-bond donors (Lipinski definition) is 1. The number of nitrogens with one attached hydrogen (secondary N) is 1. The van der Waals surface area contributed by atoms with Crippen LogP contribution in [0, 0.1) is 5.82 Å². The Morgan fingerprint density at radius 2 is 1.98 bits per heavy atom. The van der Waals surface area contributed by atoms with Crippen LogP contribution in [0.3, 0.4) is 0 Å². The molecule has 1 aromatic heterocycles. The lowest BCUT2D eigenvalue weighted by atomic mass is 9.86. The van der Waals surface area contributed by atoms with Crippen LogP contribution in [0.15, 0.2) is 83.8 Å². The van der Waals surface area contributed by atoms with Crippen LogP contribution in [0.5, 0.6) is 5.75 Å². The third-order valence-corrected chi connectivity index (χ3v) is 9.61. The summed E-state index contributed by atoms with van der Waals surface area (Å²) < 4.78 is 55.3. The van der Waals surface area contributed by atoms with Gasteiger partial charge >= 0.3 is 0 Å². The van der Waals surface area contributed by atoms with Crippen molar-refractivity contribution < 1.29 is 27.0 Å². The van der Waals surface area contributed by atoms with Gasteiger partial charge in [-0.2, -0.15) is 0 Å². The summed E-state index contributed by atoms with van der Waals surface area (Å²) in [6.07, 6.45) is 7.39. The molecule has 1 unspecified atom stereocenters. The average Bonchev–Trinajstić information content (AvgIpc) is 3.48. The fourth-order valence-electron chi connectivity index (χ4n) is 4.91. The Bertz CT molecular complexity index is 1710. The van der Waals surface area contributed by atoms with Gasteiger partial charge in [-0.25, -0.2) is 22.8 Å². The molecule has 0 radical (unpaired) electrons. The van der Waals surface area contributed by atoms with E-state index in [1.54, 1.807) is 19.3 Å². The van der Waals surface area contributed by atoms with Crippen molar-refractivity contribution in [3.05, 3.63) is 101 Å². The number of ether oxygens (including phenoxy) is 3. The van der Waals surface area contributed by atoms with Gasteiger partial charge in [0.05, 0.1) is 28.6 Å². The van der Waals surface area contributed by atoms with E-state index < -0.39 is 15.4 Å². The molecule has 1 atom stereocenters. The van der Waals surface area contributed by atoms with E-state index in [2.05, 4.69) is 37.3 Å². The maximum absolute atomic E-state index is 13.5. The van der Waals surface area contributed by atoms with Crippen LogP contribution in [0.1, 0.15) is 37.3 Å². The van der Waals surface area contributed by atoms with E-state index in [0.29, 0.717) is 37.4 Å². The molecule has 0 amide bonds. The molecular formula is C32H33BrFN3O5S. The molecule has 0 spiro atoms. The van der Waals surface area contributed by atoms with Crippen LogP contribution >= 0.6 is 15.9 Å².